The van der Waals surface area contributed by atoms with Crippen LogP contribution in [0.25, 0.3) is 6.08 Å². The van der Waals surface area contributed by atoms with E-state index in [1.165, 1.54) is 0 Å². The molecule has 0 unspecified atom stereocenters. The molecule has 3 rings (SSSR count). The first kappa shape index (κ1) is 21.4. The van der Waals surface area contributed by atoms with E-state index in [9.17, 15) is 14.4 Å². The minimum absolute atomic E-state index is 0.196. The summed E-state index contributed by atoms with van der Waals surface area (Å²) in [5, 5.41) is -0.480. The summed E-state index contributed by atoms with van der Waals surface area (Å²) in [5.74, 6) is -0.361. The van der Waals surface area contributed by atoms with Crippen molar-refractivity contribution in [2.75, 3.05) is 13.2 Å². The number of carbonyl (C=O) groups excluding carboxylic acids is 3. The molecule has 0 N–H and O–H groups in total. The zero-order valence-electron chi connectivity index (χ0n) is 15.6. The Morgan fingerprint density at radius 1 is 1.17 bits per heavy atom. The van der Waals surface area contributed by atoms with Crippen molar-refractivity contribution in [3.05, 3.63) is 68.1 Å². The first-order valence-electron chi connectivity index (χ1n) is 8.85. The summed E-state index contributed by atoms with van der Waals surface area (Å²) in [7, 11) is 0. The van der Waals surface area contributed by atoms with Crippen LogP contribution in [0, 0.1) is 3.57 Å². The van der Waals surface area contributed by atoms with Gasteiger partial charge in [-0.3, -0.25) is 19.3 Å². The van der Waals surface area contributed by atoms with Crippen LogP contribution >= 0.6 is 34.4 Å². The van der Waals surface area contributed by atoms with Gasteiger partial charge in [-0.15, -0.1) is 0 Å². The van der Waals surface area contributed by atoms with E-state index in [4.69, 9.17) is 9.47 Å². The van der Waals surface area contributed by atoms with E-state index in [0.717, 1.165) is 37.1 Å². The maximum absolute atomic E-state index is 12.5. The molecular weight excluding hydrogens is 505 g/mol. The van der Waals surface area contributed by atoms with Crippen molar-refractivity contribution in [1.82, 2.24) is 4.90 Å². The predicted octanol–water partition coefficient (Wildman–Crippen LogP) is 4.47. The molecule has 0 spiro atoms. The SMILES string of the molecule is CCOC(=O)CN1C(=O)S/C(=C/c2ccc(OCc3ccccc3)c(I)c2)C1=O. The largest absolute Gasteiger partial charge is 0.488 e. The van der Waals surface area contributed by atoms with Crippen LogP contribution in [0.1, 0.15) is 18.1 Å². The van der Waals surface area contributed by atoms with Crippen molar-refractivity contribution in [3.63, 3.8) is 0 Å². The number of ether oxygens (including phenoxy) is 2. The molecule has 8 heteroatoms. The van der Waals surface area contributed by atoms with Crippen molar-refractivity contribution in [1.29, 1.82) is 0 Å². The standard InChI is InChI=1S/C21H18INO5S/c1-2-27-19(24)12-23-20(25)18(29-21(23)26)11-15-8-9-17(16(22)10-15)28-13-14-6-4-3-5-7-14/h3-11H,2,12-13H2,1H3/b18-11+. The minimum Gasteiger partial charge on any atom is -0.488 e. The maximum Gasteiger partial charge on any atom is 0.326 e. The van der Waals surface area contributed by atoms with Crippen molar-refractivity contribution >= 4 is 57.5 Å². The van der Waals surface area contributed by atoms with E-state index in [1.54, 1.807) is 13.0 Å². The molecule has 0 saturated carbocycles. The minimum atomic E-state index is -0.606. The number of halogens is 1. The summed E-state index contributed by atoms with van der Waals surface area (Å²) in [5.41, 5.74) is 1.84. The van der Waals surface area contributed by atoms with Crippen LogP contribution in [0.4, 0.5) is 4.79 Å². The van der Waals surface area contributed by atoms with Gasteiger partial charge < -0.3 is 9.47 Å². The molecule has 2 aromatic carbocycles. The number of thioether (sulfide) groups is 1. The zero-order valence-corrected chi connectivity index (χ0v) is 18.6. The Hall–Kier alpha value is -2.33. The number of esters is 1. The van der Waals surface area contributed by atoms with Crippen LogP contribution in [0.3, 0.4) is 0 Å². The summed E-state index contributed by atoms with van der Waals surface area (Å²) in [6, 6.07) is 15.4. The Bertz CT molecular complexity index is 961. The third-order valence-electron chi connectivity index (χ3n) is 3.96. The van der Waals surface area contributed by atoms with Gasteiger partial charge in [0.25, 0.3) is 11.1 Å². The van der Waals surface area contributed by atoms with Gasteiger partial charge in [0.2, 0.25) is 0 Å². The lowest BCUT2D eigenvalue weighted by molar-refractivity contribution is -0.145. The normalized spacial score (nSPS) is 15.1. The number of nitrogens with zero attached hydrogens (tertiary/aromatic N) is 1. The van der Waals surface area contributed by atoms with E-state index in [0.29, 0.717) is 6.61 Å². The van der Waals surface area contributed by atoms with Gasteiger partial charge in [0.1, 0.15) is 18.9 Å². The van der Waals surface area contributed by atoms with E-state index in [2.05, 4.69) is 22.6 Å². The molecule has 0 aliphatic carbocycles. The second kappa shape index (κ2) is 9.93. The van der Waals surface area contributed by atoms with Crippen LogP contribution in [-0.4, -0.2) is 35.2 Å². The van der Waals surface area contributed by atoms with Gasteiger partial charge in [-0.25, -0.2) is 0 Å². The molecule has 150 valence electrons. The number of benzene rings is 2. The Morgan fingerprint density at radius 3 is 2.62 bits per heavy atom. The molecule has 1 saturated heterocycles. The highest BCUT2D eigenvalue weighted by Crippen LogP contribution is 2.33. The average molecular weight is 523 g/mol. The van der Waals surface area contributed by atoms with Gasteiger partial charge in [0.15, 0.2) is 0 Å². The number of hydrogen-bond acceptors (Lipinski definition) is 6. The second-order valence-electron chi connectivity index (χ2n) is 6.04. The molecule has 0 bridgehead atoms. The quantitative estimate of drug-likeness (QED) is 0.303. The topological polar surface area (TPSA) is 72.9 Å². The van der Waals surface area contributed by atoms with E-state index >= 15 is 0 Å². The van der Waals surface area contributed by atoms with Crippen LogP contribution in [-0.2, 0) is 20.9 Å². The Balaban J connectivity index is 1.68. The van der Waals surface area contributed by atoms with Crippen LogP contribution in [0.15, 0.2) is 53.4 Å². The van der Waals surface area contributed by atoms with Gasteiger partial charge in [0.05, 0.1) is 15.1 Å². The number of amides is 2. The third kappa shape index (κ3) is 5.60. The summed E-state index contributed by atoms with van der Waals surface area (Å²) in [6.07, 6.45) is 1.64. The van der Waals surface area contributed by atoms with Gasteiger partial charge >= 0.3 is 5.97 Å². The molecule has 2 amide bonds. The van der Waals surface area contributed by atoms with Crippen molar-refractivity contribution < 1.29 is 23.9 Å². The molecule has 0 radical (unpaired) electrons. The van der Waals surface area contributed by atoms with Crippen molar-refractivity contribution in [2.45, 2.75) is 13.5 Å². The molecule has 1 aliphatic heterocycles. The molecule has 6 nitrogen and oxygen atoms in total. The van der Waals surface area contributed by atoms with E-state index < -0.39 is 17.1 Å². The van der Waals surface area contributed by atoms with Gasteiger partial charge in [-0.2, -0.15) is 0 Å². The number of hydrogen-bond donors (Lipinski definition) is 0. The van der Waals surface area contributed by atoms with Gasteiger partial charge in [0, 0.05) is 0 Å². The molecule has 29 heavy (non-hydrogen) atoms. The molecule has 0 aromatic heterocycles. The highest BCUT2D eigenvalue weighted by Gasteiger charge is 2.36. The molecule has 1 fully saturated rings. The molecule has 2 aromatic rings. The molecule has 1 heterocycles. The van der Waals surface area contributed by atoms with E-state index in [1.807, 2.05) is 48.5 Å². The number of rotatable bonds is 7. The first-order chi connectivity index (χ1) is 14.0. The van der Waals surface area contributed by atoms with Crippen LogP contribution < -0.4 is 4.74 Å². The first-order valence-corrected chi connectivity index (χ1v) is 10.7. The Morgan fingerprint density at radius 2 is 1.93 bits per heavy atom. The number of carbonyl (C=O) groups is 3. The lowest BCUT2D eigenvalue weighted by atomic mass is 10.2. The number of imide groups is 1. The zero-order chi connectivity index (χ0) is 20.8. The fourth-order valence-electron chi connectivity index (χ4n) is 2.58. The summed E-state index contributed by atoms with van der Waals surface area (Å²) in [6.45, 7) is 1.95. The fraction of sp³-hybridized carbons (Fsp3) is 0.190. The lowest BCUT2D eigenvalue weighted by Gasteiger charge is -2.11. The summed E-state index contributed by atoms with van der Waals surface area (Å²) in [4.78, 5) is 37.3. The highest BCUT2D eigenvalue weighted by molar-refractivity contribution is 14.1. The Kier molecular flexibility index (Phi) is 7.32. The van der Waals surface area contributed by atoms with Gasteiger partial charge in [-0.1, -0.05) is 36.4 Å². The maximum atomic E-state index is 12.5. The van der Waals surface area contributed by atoms with Crippen molar-refractivity contribution in [2.24, 2.45) is 0 Å². The smallest absolute Gasteiger partial charge is 0.326 e. The summed E-state index contributed by atoms with van der Waals surface area (Å²) >= 11 is 2.98. The average Bonchev–Trinajstić information content (AvgIpc) is 2.96. The van der Waals surface area contributed by atoms with E-state index in [-0.39, 0.29) is 18.1 Å². The van der Waals surface area contributed by atoms with Crippen LogP contribution in [0.2, 0.25) is 0 Å². The molecule has 1 aliphatic rings. The molecule has 0 atom stereocenters. The van der Waals surface area contributed by atoms with Crippen LogP contribution in [0.5, 0.6) is 5.75 Å². The van der Waals surface area contributed by atoms with Gasteiger partial charge in [-0.05, 0) is 70.6 Å². The fourth-order valence-corrected chi connectivity index (χ4v) is 4.12. The highest BCUT2D eigenvalue weighted by atomic mass is 127. The third-order valence-corrected chi connectivity index (χ3v) is 5.71. The predicted molar refractivity (Wildman–Crippen MR) is 119 cm³/mol. The Labute approximate surface area is 186 Å². The lowest BCUT2D eigenvalue weighted by Crippen LogP contribution is -2.34. The van der Waals surface area contributed by atoms with Crippen molar-refractivity contribution in [3.8, 4) is 5.75 Å². The summed E-state index contributed by atoms with van der Waals surface area (Å²) < 4.78 is 11.6. The molecular formula is C21H18INO5S. The monoisotopic (exact) mass is 523 g/mol. The second-order valence-corrected chi connectivity index (χ2v) is 8.19.